The van der Waals surface area contributed by atoms with Crippen molar-refractivity contribution in [3.63, 3.8) is 0 Å². The van der Waals surface area contributed by atoms with Gasteiger partial charge in [-0.1, -0.05) is 71.4 Å². The van der Waals surface area contributed by atoms with Crippen molar-refractivity contribution in [2.75, 3.05) is 39.9 Å². The van der Waals surface area contributed by atoms with Gasteiger partial charge >= 0.3 is 30.1 Å². The lowest BCUT2D eigenvalue weighted by Gasteiger charge is -2.68. The lowest BCUT2D eigenvalue weighted by Crippen LogP contribution is -2.82. The Morgan fingerprint density at radius 2 is 1.49 bits per heavy atom. The van der Waals surface area contributed by atoms with Crippen LogP contribution in [0.4, 0.5) is 9.59 Å². The van der Waals surface area contributed by atoms with E-state index in [1.807, 2.05) is 0 Å². The predicted molar refractivity (Wildman–Crippen MR) is 320 cm³/mol. The average Bonchev–Trinajstić information content (AvgIpc) is 0.940. The molecule has 7 aliphatic rings. The zero-order valence-electron chi connectivity index (χ0n) is 52.6. The van der Waals surface area contributed by atoms with Crippen LogP contribution in [0.5, 0.6) is 5.75 Å². The smallest absolute Gasteiger partial charge is 0.413 e. The first-order valence-electron chi connectivity index (χ1n) is 31.3. The number of nitrogens with zero attached hydrogens (tertiary/aromatic N) is 3. The number of amides is 2. The molecule has 6 fully saturated rings. The van der Waals surface area contributed by atoms with Gasteiger partial charge in [0.2, 0.25) is 0 Å². The van der Waals surface area contributed by atoms with Crippen LogP contribution in [0, 0.1) is 16.7 Å². The number of ketones is 1. The number of esters is 3. The predicted octanol–water partition coefficient (Wildman–Crippen LogP) is 10.4. The summed E-state index contributed by atoms with van der Waals surface area (Å²) in [5, 5.41) is 14.7. The molecule has 4 aliphatic heterocycles. The zero-order chi connectivity index (χ0) is 62.6. The first-order chi connectivity index (χ1) is 41.3. The molecule has 2 bridgehead atoms. The number of likely N-dealkylation sites (tertiary alicyclic amines) is 2. The molecule has 4 saturated heterocycles. The van der Waals surface area contributed by atoms with Gasteiger partial charge in [0.1, 0.15) is 41.3 Å². The summed E-state index contributed by atoms with van der Waals surface area (Å²) < 4.78 is 64.8. The van der Waals surface area contributed by atoms with E-state index >= 15 is 19.2 Å². The molecule has 2 saturated carbocycles. The molecule has 1 N–H and O–H groups in total. The summed E-state index contributed by atoms with van der Waals surface area (Å²) >= 11 is 0. The van der Waals surface area contributed by atoms with Crippen molar-refractivity contribution >= 4 is 44.2 Å². The molecule has 5 heterocycles. The third kappa shape index (κ3) is 11.5. The standard InChI is InChI=1S/C66H89N3O17Si/c1-13-87(14-2,15-3)86-48-36-49-65(39-79-49,84-41(5)70)54-56(83-58(72)43-22-18-16-19-23-43)66(76)37-47(40(4)50(63(66,9)10)52(55(71)64(48,54)11)82-60(74)68-33-28-45(29-34-68)67-31-20-17-21-32-67)80-59(73)53-51(44-30-35-78-38-44)69(61(75)85-62(6,7)8)57(81-53)42-24-26-46(77-12)27-25-42/h16,18-19,22-27,30,35,38,45,47-49,51-54,56-57,76H,13-15,17,20-21,28-29,31-34,36-37,39H2,1-12H3/t47-,48-,49+,51-,52+,53+,54?,56?,57?,64+,65-,66+/m0/s1. The fourth-order valence-corrected chi connectivity index (χ4v) is 18.4. The van der Waals surface area contributed by atoms with E-state index in [4.69, 9.17) is 46.7 Å². The first-order valence-corrected chi connectivity index (χ1v) is 33.8. The molecule has 2 aromatic carbocycles. The highest BCUT2D eigenvalue weighted by Crippen LogP contribution is 2.65. The van der Waals surface area contributed by atoms with E-state index in [1.165, 1.54) is 37.9 Å². The molecular formula is C66H89N3O17Si. The van der Waals surface area contributed by atoms with Gasteiger partial charge in [0.05, 0.1) is 49.2 Å². The van der Waals surface area contributed by atoms with Crippen molar-refractivity contribution in [1.82, 2.24) is 14.7 Å². The molecular weight excluding hydrogens is 1130 g/mol. The van der Waals surface area contributed by atoms with Gasteiger partial charge in [0, 0.05) is 55.4 Å². The van der Waals surface area contributed by atoms with Crippen LogP contribution in [0.3, 0.4) is 0 Å². The summed E-state index contributed by atoms with van der Waals surface area (Å²) in [6.45, 7) is 21.9. The maximum absolute atomic E-state index is 17.3. The maximum atomic E-state index is 17.3. The second kappa shape index (κ2) is 24.7. The molecule has 1 aromatic heterocycles. The molecule has 0 radical (unpaired) electrons. The van der Waals surface area contributed by atoms with Crippen LogP contribution in [-0.4, -0.2) is 163 Å². The van der Waals surface area contributed by atoms with Crippen molar-refractivity contribution in [3.05, 3.63) is 101 Å². The number of furan rings is 1. The number of piperidine rings is 2. The van der Waals surface area contributed by atoms with E-state index < -0.39 is 133 Å². The van der Waals surface area contributed by atoms with Gasteiger partial charge in [0.15, 0.2) is 38.1 Å². The Morgan fingerprint density at radius 3 is 2.07 bits per heavy atom. The highest BCUT2D eigenvalue weighted by Gasteiger charge is 2.79. The summed E-state index contributed by atoms with van der Waals surface area (Å²) in [7, 11) is -1.20. The molecule has 21 heteroatoms. The number of benzene rings is 2. The molecule has 12 atom stereocenters. The number of aliphatic hydroxyl groups is 1. The molecule has 20 nitrogen and oxygen atoms in total. The summed E-state index contributed by atoms with van der Waals surface area (Å²) in [6, 6.07) is 17.7. The fourth-order valence-electron chi connectivity index (χ4n) is 15.4. The Kier molecular flexibility index (Phi) is 18.1. The monoisotopic (exact) mass is 1220 g/mol. The van der Waals surface area contributed by atoms with Crippen molar-refractivity contribution < 1.29 is 80.6 Å². The van der Waals surface area contributed by atoms with Crippen LogP contribution in [0.25, 0.3) is 0 Å². The van der Waals surface area contributed by atoms with E-state index in [-0.39, 0.29) is 35.8 Å². The number of carbonyl (C=O) groups is 6. The lowest BCUT2D eigenvalue weighted by molar-refractivity contribution is -0.344. The molecule has 3 aromatic rings. The average molecular weight is 1220 g/mol. The minimum Gasteiger partial charge on any atom is -0.497 e. The lowest BCUT2D eigenvalue weighted by atomic mass is 9.44. The van der Waals surface area contributed by atoms with Gasteiger partial charge < -0.3 is 61.6 Å². The van der Waals surface area contributed by atoms with Gasteiger partial charge in [0.25, 0.3) is 0 Å². The van der Waals surface area contributed by atoms with Crippen molar-refractivity contribution in [3.8, 4) is 5.75 Å². The second-order valence-corrected chi connectivity index (χ2v) is 31.4. The number of ether oxygens (including phenoxy) is 8. The van der Waals surface area contributed by atoms with Crippen LogP contribution in [0.1, 0.15) is 155 Å². The zero-order valence-corrected chi connectivity index (χ0v) is 53.6. The Balaban J connectivity index is 1.15. The van der Waals surface area contributed by atoms with Crippen LogP contribution in [0.15, 0.2) is 88.8 Å². The van der Waals surface area contributed by atoms with Crippen molar-refractivity contribution in [1.29, 1.82) is 0 Å². The van der Waals surface area contributed by atoms with Gasteiger partial charge in [-0.05, 0) is 133 Å². The van der Waals surface area contributed by atoms with Gasteiger partial charge in [-0.3, -0.25) is 14.5 Å². The number of Topliss-reactive ketones (excluding diaryl/α,β-unsaturated/α-hetero) is 1. The maximum Gasteiger partial charge on any atom is 0.413 e. The SMILES string of the molecule is CC[Si](CC)(CC)O[C@H]1C[C@H]2OC[C@@]2(OC(C)=O)C2C(OC(=O)c3ccccc3)[C@]3(O)C[C@H](OC(=O)[C@@H]4OC(c5ccc(OC)cc5)N(C(=O)OC(C)(C)C)[C@H]4c4ccoc4)C(C)=C([C@@H](OC(=O)N4CCC(N5CCCCC5)CC4)C(=O)[C@@]21C)C3(C)C. The number of fused-ring (bicyclic) bond motifs is 5. The van der Waals surface area contributed by atoms with Crippen molar-refractivity contribution in [2.45, 2.75) is 211 Å². The Bertz CT molecular complexity index is 3030. The van der Waals surface area contributed by atoms with Crippen molar-refractivity contribution in [2.24, 2.45) is 16.7 Å². The molecule has 3 unspecified atom stereocenters. The van der Waals surface area contributed by atoms with E-state index in [9.17, 15) is 14.7 Å². The minimum atomic E-state index is -2.72. The van der Waals surface area contributed by atoms with E-state index in [2.05, 4.69) is 25.7 Å². The number of rotatable bonds is 15. The number of carbonyl (C=O) groups excluding carboxylic acids is 6. The highest BCUT2D eigenvalue weighted by molar-refractivity contribution is 6.73. The highest BCUT2D eigenvalue weighted by atomic mass is 28.4. The molecule has 0 spiro atoms. The topological polar surface area (TPSA) is 229 Å². The number of methoxy groups -OCH3 is 1. The summed E-state index contributed by atoms with van der Waals surface area (Å²) in [5.41, 5.74) is -7.31. The van der Waals surface area contributed by atoms with Gasteiger partial charge in [-0.15, -0.1) is 0 Å². The van der Waals surface area contributed by atoms with Gasteiger partial charge in [-0.2, -0.15) is 0 Å². The minimum absolute atomic E-state index is 0.0714. The molecule has 10 rings (SSSR count). The molecule has 87 heavy (non-hydrogen) atoms. The largest absolute Gasteiger partial charge is 0.497 e. The number of hydrogen-bond donors (Lipinski definition) is 1. The summed E-state index contributed by atoms with van der Waals surface area (Å²) in [4.78, 5) is 97.4. The molecule has 2 amide bonds. The second-order valence-electron chi connectivity index (χ2n) is 26.7. The van der Waals surface area contributed by atoms with Crippen LogP contribution in [-0.2, 0) is 52.0 Å². The quantitative estimate of drug-likeness (QED) is 0.0645. The first kappa shape index (κ1) is 63.9. The van der Waals surface area contributed by atoms with E-state index in [0.29, 0.717) is 60.9 Å². The third-order valence-corrected chi connectivity index (χ3v) is 25.2. The Labute approximate surface area is 511 Å². The summed E-state index contributed by atoms with van der Waals surface area (Å²) in [5.74, 6) is -4.11. The Hall–Kier alpha value is -6.10. The number of hydrogen-bond acceptors (Lipinski definition) is 18. The van der Waals surface area contributed by atoms with Crippen LogP contribution >= 0.6 is 0 Å². The summed E-state index contributed by atoms with van der Waals surface area (Å²) in [6.07, 6.45) is -4.15. The van der Waals surface area contributed by atoms with E-state index in [1.54, 1.807) is 114 Å². The normalized spacial score (nSPS) is 31.9. The Morgan fingerprint density at radius 1 is 0.828 bits per heavy atom. The van der Waals surface area contributed by atoms with Crippen LogP contribution < -0.4 is 4.74 Å². The fraction of sp³-hybridized carbons (Fsp3) is 0.636. The third-order valence-electron chi connectivity index (χ3n) is 20.5. The molecule has 474 valence electrons. The van der Waals surface area contributed by atoms with E-state index in [0.717, 1.165) is 25.9 Å². The van der Waals surface area contributed by atoms with Gasteiger partial charge in [-0.25, -0.2) is 19.2 Å². The van der Waals surface area contributed by atoms with Crippen LogP contribution in [0.2, 0.25) is 18.1 Å². The molecule has 3 aliphatic carbocycles.